The summed E-state index contributed by atoms with van der Waals surface area (Å²) in [6, 6.07) is 0. The molecule has 5 heteroatoms. The van der Waals surface area contributed by atoms with Crippen molar-refractivity contribution in [2.24, 2.45) is 5.41 Å². The largest absolute Gasteiger partial charge is 0.454 e. The van der Waals surface area contributed by atoms with Crippen LogP contribution >= 0.6 is 0 Å². The van der Waals surface area contributed by atoms with Crippen LogP contribution in [0.3, 0.4) is 0 Å². The van der Waals surface area contributed by atoms with Gasteiger partial charge < -0.3 is 19.7 Å². The maximum absolute atomic E-state index is 11.3. The molecule has 17 heavy (non-hydrogen) atoms. The summed E-state index contributed by atoms with van der Waals surface area (Å²) in [6.45, 7) is 5.93. The van der Waals surface area contributed by atoms with Gasteiger partial charge in [0.1, 0.15) is 12.2 Å². The zero-order chi connectivity index (χ0) is 13.2. The standard InChI is InChI=1S/C12H20O5/c1-12(2,3)6-5-7(13)9-8(14)10(16-4)11(15)17-9/h5-10,13-14H,1-4H3/t7-,8-,9?,10-/m1/s1. The number of aliphatic hydroxyl groups is 2. The average Bonchev–Trinajstić information content (AvgIpc) is 2.49. The van der Waals surface area contributed by atoms with Gasteiger partial charge in [-0.2, -0.15) is 0 Å². The van der Waals surface area contributed by atoms with Crippen LogP contribution in [0, 0.1) is 5.41 Å². The lowest BCUT2D eigenvalue weighted by Crippen LogP contribution is -2.38. The maximum Gasteiger partial charge on any atom is 0.338 e. The molecule has 0 bridgehead atoms. The van der Waals surface area contributed by atoms with E-state index >= 15 is 0 Å². The van der Waals surface area contributed by atoms with Gasteiger partial charge in [-0.3, -0.25) is 0 Å². The zero-order valence-corrected chi connectivity index (χ0v) is 10.6. The van der Waals surface area contributed by atoms with E-state index in [0.717, 1.165) is 0 Å². The molecule has 1 aliphatic rings. The van der Waals surface area contributed by atoms with Gasteiger partial charge in [0.2, 0.25) is 0 Å². The van der Waals surface area contributed by atoms with Crippen LogP contribution in [0.15, 0.2) is 12.2 Å². The molecule has 0 saturated carbocycles. The van der Waals surface area contributed by atoms with E-state index in [2.05, 4.69) is 0 Å². The van der Waals surface area contributed by atoms with Crippen LogP contribution in [0.5, 0.6) is 0 Å². The number of hydrogen-bond donors (Lipinski definition) is 2. The van der Waals surface area contributed by atoms with Crippen LogP contribution in [-0.2, 0) is 14.3 Å². The quantitative estimate of drug-likeness (QED) is 0.550. The number of ether oxygens (including phenoxy) is 2. The minimum absolute atomic E-state index is 0.0881. The third kappa shape index (κ3) is 3.52. The van der Waals surface area contributed by atoms with Gasteiger partial charge in [-0.05, 0) is 5.41 Å². The van der Waals surface area contributed by atoms with Crippen molar-refractivity contribution < 1.29 is 24.5 Å². The number of aliphatic hydroxyl groups excluding tert-OH is 2. The summed E-state index contributed by atoms with van der Waals surface area (Å²) >= 11 is 0. The molecular weight excluding hydrogens is 224 g/mol. The fourth-order valence-electron chi connectivity index (χ4n) is 1.59. The minimum Gasteiger partial charge on any atom is -0.454 e. The molecule has 1 aliphatic heterocycles. The van der Waals surface area contributed by atoms with Gasteiger partial charge >= 0.3 is 5.97 Å². The monoisotopic (exact) mass is 244 g/mol. The first kappa shape index (κ1) is 14.2. The van der Waals surface area contributed by atoms with Crippen molar-refractivity contribution in [3.05, 3.63) is 12.2 Å². The summed E-state index contributed by atoms with van der Waals surface area (Å²) in [4.78, 5) is 11.3. The molecule has 0 aromatic rings. The van der Waals surface area contributed by atoms with E-state index in [1.54, 1.807) is 6.08 Å². The lowest BCUT2D eigenvalue weighted by Gasteiger charge is -2.19. The Hall–Kier alpha value is -0.910. The molecule has 1 unspecified atom stereocenters. The zero-order valence-electron chi connectivity index (χ0n) is 10.6. The molecule has 1 fully saturated rings. The van der Waals surface area contributed by atoms with Gasteiger partial charge in [-0.25, -0.2) is 4.79 Å². The van der Waals surface area contributed by atoms with Gasteiger partial charge in [-0.1, -0.05) is 32.9 Å². The molecule has 0 spiro atoms. The maximum atomic E-state index is 11.3. The molecule has 0 radical (unpaired) electrons. The van der Waals surface area contributed by atoms with Gasteiger partial charge in [0.25, 0.3) is 0 Å². The first-order valence-corrected chi connectivity index (χ1v) is 5.55. The fraction of sp³-hybridized carbons (Fsp3) is 0.750. The first-order valence-electron chi connectivity index (χ1n) is 5.55. The molecule has 4 atom stereocenters. The molecule has 1 saturated heterocycles. The Morgan fingerprint density at radius 1 is 1.47 bits per heavy atom. The highest BCUT2D eigenvalue weighted by molar-refractivity contribution is 5.78. The van der Waals surface area contributed by atoms with Gasteiger partial charge in [0.05, 0.1) is 0 Å². The summed E-state index contributed by atoms with van der Waals surface area (Å²) in [5.41, 5.74) is -0.0881. The third-order valence-electron chi connectivity index (χ3n) is 2.52. The van der Waals surface area contributed by atoms with E-state index < -0.39 is 30.4 Å². The molecule has 0 amide bonds. The highest BCUT2D eigenvalue weighted by Gasteiger charge is 2.46. The number of carbonyl (C=O) groups excluding carboxylic acids is 1. The van der Waals surface area contributed by atoms with Crippen LogP contribution in [0.1, 0.15) is 20.8 Å². The van der Waals surface area contributed by atoms with Gasteiger partial charge in [0, 0.05) is 7.11 Å². The van der Waals surface area contributed by atoms with Gasteiger partial charge in [0.15, 0.2) is 12.2 Å². The first-order chi connectivity index (χ1) is 7.76. The van der Waals surface area contributed by atoms with Crippen LogP contribution in [-0.4, -0.2) is 47.7 Å². The van der Waals surface area contributed by atoms with Crippen molar-refractivity contribution in [1.82, 2.24) is 0 Å². The second kappa shape index (κ2) is 5.16. The van der Waals surface area contributed by atoms with Crippen LogP contribution in [0.2, 0.25) is 0 Å². The Labute approximate surface area is 101 Å². The lowest BCUT2D eigenvalue weighted by molar-refractivity contribution is -0.150. The molecule has 98 valence electrons. The molecule has 1 heterocycles. The summed E-state index contributed by atoms with van der Waals surface area (Å²) in [7, 11) is 1.31. The predicted molar refractivity (Wildman–Crippen MR) is 61.3 cm³/mol. The smallest absolute Gasteiger partial charge is 0.338 e. The van der Waals surface area contributed by atoms with Gasteiger partial charge in [-0.15, -0.1) is 0 Å². The summed E-state index contributed by atoms with van der Waals surface area (Å²) < 4.78 is 9.69. The van der Waals surface area contributed by atoms with E-state index in [-0.39, 0.29) is 5.41 Å². The van der Waals surface area contributed by atoms with E-state index in [9.17, 15) is 15.0 Å². The third-order valence-corrected chi connectivity index (χ3v) is 2.52. The Morgan fingerprint density at radius 3 is 2.47 bits per heavy atom. The second-order valence-electron chi connectivity index (χ2n) is 5.26. The highest BCUT2D eigenvalue weighted by Crippen LogP contribution is 2.23. The number of hydrogen-bond acceptors (Lipinski definition) is 5. The number of carbonyl (C=O) groups is 1. The molecule has 0 aliphatic carbocycles. The molecule has 1 rings (SSSR count). The van der Waals surface area contributed by atoms with Crippen LogP contribution in [0.25, 0.3) is 0 Å². The van der Waals surface area contributed by atoms with Crippen molar-refractivity contribution in [3.8, 4) is 0 Å². The van der Waals surface area contributed by atoms with Crippen molar-refractivity contribution in [2.75, 3.05) is 7.11 Å². The summed E-state index contributed by atoms with van der Waals surface area (Å²) in [6.07, 6.45) is -0.832. The van der Waals surface area contributed by atoms with Crippen molar-refractivity contribution in [3.63, 3.8) is 0 Å². The Bertz CT molecular complexity index is 305. The Balaban J connectivity index is 2.69. The van der Waals surface area contributed by atoms with E-state index in [1.165, 1.54) is 13.2 Å². The Morgan fingerprint density at radius 2 is 2.06 bits per heavy atom. The SMILES string of the molecule is CO[C@H]1C(=O)OC([C@H](O)C=CC(C)(C)C)[C@H]1O. The average molecular weight is 244 g/mol. The summed E-state index contributed by atoms with van der Waals surface area (Å²) in [5, 5.41) is 19.6. The number of esters is 1. The number of allylic oxidation sites excluding steroid dienone is 1. The fourth-order valence-corrected chi connectivity index (χ4v) is 1.59. The second-order valence-corrected chi connectivity index (χ2v) is 5.26. The molecule has 5 nitrogen and oxygen atoms in total. The van der Waals surface area contributed by atoms with Crippen molar-refractivity contribution in [2.45, 2.75) is 45.2 Å². The molecule has 0 aromatic carbocycles. The topological polar surface area (TPSA) is 76.0 Å². The normalized spacial score (nSPS) is 31.9. The lowest BCUT2D eigenvalue weighted by atomic mass is 9.94. The van der Waals surface area contributed by atoms with E-state index in [4.69, 9.17) is 9.47 Å². The highest BCUT2D eigenvalue weighted by atomic mass is 16.6. The molecular formula is C12H20O5. The Kier molecular flexibility index (Phi) is 4.30. The van der Waals surface area contributed by atoms with Crippen LogP contribution < -0.4 is 0 Å². The van der Waals surface area contributed by atoms with Crippen LogP contribution in [0.4, 0.5) is 0 Å². The number of rotatable bonds is 3. The molecule has 2 N–H and O–H groups in total. The van der Waals surface area contributed by atoms with E-state index in [0.29, 0.717) is 0 Å². The minimum atomic E-state index is -1.15. The molecule has 0 aromatic heterocycles. The van der Waals surface area contributed by atoms with Crippen molar-refractivity contribution >= 4 is 5.97 Å². The van der Waals surface area contributed by atoms with Crippen molar-refractivity contribution in [1.29, 1.82) is 0 Å². The number of cyclic esters (lactones) is 1. The summed E-state index contributed by atoms with van der Waals surface area (Å²) in [5.74, 6) is -0.645. The predicted octanol–water partition coefficient (Wildman–Crippen LogP) is 0.251. The number of methoxy groups -OCH3 is 1. The van der Waals surface area contributed by atoms with E-state index in [1.807, 2.05) is 20.8 Å².